The molecule has 5 nitrogen and oxygen atoms in total. The quantitative estimate of drug-likeness (QED) is 0.264. The molecule has 1 rings (SSSR count). The minimum atomic E-state index is -2.37. The summed E-state index contributed by atoms with van der Waals surface area (Å²) in [5.41, 5.74) is 0. The Morgan fingerprint density at radius 3 is 2.00 bits per heavy atom. The molecule has 0 aromatic heterocycles. The summed E-state index contributed by atoms with van der Waals surface area (Å²) in [6.07, 6.45) is -2.01. The van der Waals surface area contributed by atoms with E-state index in [1.54, 1.807) is 0 Å². The SMILES string of the molecule is OC1CCC(O)(O)CC1(O)O. The highest BCUT2D eigenvalue weighted by Gasteiger charge is 2.46. The van der Waals surface area contributed by atoms with Crippen LogP contribution in [0.2, 0.25) is 0 Å². The van der Waals surface area contributed by atoms with Crippen molar-refractivity contribution in [2.75, 3.05) is 0 Å². The third kappa shape index (κ3) is 1.88. The van der Waals surface area contributed by atoms with Crippen molar-refractivity contribution in [1.82, 2.24) is 0 Å². The van der Waals surface area contributed by atoms with E-state index in [2.05, 4.69) is 0 Å². The minimum Gasteiger partial charge on any atom is -0.388 e. The summed E-state index contributed by atoms with van der Waals surface area (Å²) in [5.74, 6) is -4.44. The lowest BCUT2D eigenvalue weighted by Crippen LogP contribution is -2.53. The van der Waals surface area contributed by atoms with Gasteiger partial charge in [0.25, 0.3) is 0 Å². The molecular weight excluding hydrogens is 152 g/mol. The Kier molecular flexibility index (Phi) is 1.94. The van der Waals surface area contributed by atoms with Gasteiger partial charge < -0.3 is 25.5 Å². The molecule has 0 aliphatic heterocycles. The molecule has 66 valence electrons. The van der Waals surface area contributed by atoms with Gasteiger partial charge in [0, 0.05) is 6.42 Å². The first kappa shape index (κ1) is 8.89. The summed E-state index contributed by atoms with van der Waals surface area (Å²) in [4.78, 5) is 0. The molecule has 0 aromatic rings. The van der Waals surface area contributed by atoms with Crippen LogP contribution in [-0.4, -0.2) is 43.2 Å². The van der Waals surface area contributed by atoms with E-state index in [0.717, 1.165) is 0 Å². The largest absolute Gasteiger partial charge is 0.388 e. The first-order chi connectivity index (χ1) is 4.83. The maximum absolute atomic E-state index is 8.96. The zero-order valence-corrected chi connectivity index (χ0v) is 5.93. The Balaban J connectivity index is 2.67. The highest BCUT2D eigenvalue weighted by molar-refractivity contribution is 4.88. The normalized spacial score (nSPS) is 35.2. The molecule has 0 heterocycles. The van der Waals surface area contributed by atoms with Gasteiger partial charge in [0.15, 0.2) is 11.6 Å². The van der Waals surface area contributed by atoms with Gasteiger partial charge in [0.1, 0.15) is 6.10 Å². The Bertz CT molecular complexity index is 153. The average molecular weight is 164 g/mol. The van der Waals surface area contributed by atoms with Gasteiger partial charge in [-0.25, -0.2) is 0 Å². The third-order valence-electron chi connectivity index (χ3n) is 1.90. The maximum atomic E-state index is 8.96. The average Bonchev–Trinajstić information content (AvgIpc) is 1.77. The van der Waals surface area contributed by atoms with Gasteiger partial charge in [-0.1, -0.05) is 0 Å². The molecule has 11 heavy (non-hydrogen) atoms. The van der Waals surface area contributed by atoms with Gasteiger partial charge >= 0.3 is 0 Å². The van der Waals surface area contributed by atoms with Gasteiger partial charge in [0.2, 0.25) is 0 Å². The van der Waals surface area contributed by atoms with Crippen LogP contribution in [0, 0.1) is 0 Å². The molecule has 0 amide bonds. The fourth-order valence-electron chi connectivity index (χ4n) is 1.22. The van der Waals surface area contributed by atoms with Crippen molar-refractivity contribution in [3.63, 3.8) is 0 Å². The van der Waals surface area contributed by atoms with E-state index in [1.165, 1.54) is 0 Å². The van der Waals surface area contributed by atoms with E-state index in [9.17, 15) is 0 Å². The highest BCUT2D eigenvalue weighted by atomic mass is 16.5. The van der Waals surface area contributed by atoms with Crippen LogP contribution in [0.3, 0.4) is 0 Å². The molecule has 1 atom stereocenters. The lowest BCUT2D eigenvalue weighted by Gasteiger charge is -2.38. The number of aliphatic hydroxyl groups is 5. The van der Waals surface area contributed by atoms with Crippen molar-refractivity contribution >= 4 is 0 Å². The van der Waals surface area contributed by atoms with Crippen LogP contribution in [0.4, 0.5) is 0 Å². The van der Waals surface area contributed by atoms with E-state index in [-0.39, 0.29) is 12.8 Å². The van der Waals surface area contributed by atoms with Gasteiger partial charge in [0.05, 0.1) is 6.42 Å². The van der Waals surface area contributed by atoms with Gasteiger partial charge in [-0.05, 0) is 6.42 Å². The lowest BCUT2D eigenvalue weighted by atomic mass is 9.87. The number of hydrogen-bond donors (Lipinski definition) is 5. The molecule has 5 heteroatoms. The Morgan fingerprint density at radius 1 is 1.09 bits per heavy atom. The Morgan fingerprint density at radius 2 is 1.64 bits per heavy atom. The van der Waals surface area contributed by atoms with Gasteiger partial charge in [-0.15, -0.1) is 0 Å². The predicted octanol–water partition coefficient (Wildman–Crippen LogP) is -2.11. The second-order valence-electron chi connectivity index (χ2n) is 3.09. The van der Waals surface area contributed by atoms with Crippen molar-refractivity contribution in [2.24, 2.45) is 0 Å². The van der Waals surface area contributed by atoms with Crippen LogP contribution in [-0.2, 0) is 0 Å². The van der Waals surface area contributed by atoms with Crippen molar-refractivity contribution in [3.05, 3.63) is 0 Å². The van der Waals surface area contributed by atoms with E-state index in [0.29, 0.717) is 0 Å². The maximum Gasteiger partial charge on any atom is 0.194 e. The highest BCUT2D eigenvalue weighted by Crippen LogP contribution is 2.31. The number of aliphatic hydroxyl groups excluding tert-OH is 1. The van der Waals surface area contributed by atoms with E-state index in [4.69, 9.17) is 25.5 Å². The summed E-state index contributed by atoms with van der Waals surface area (Å²) in [6, 6.07) is 0. The first-order valence-corrected chi connectivity index (χ1v) is 3.41. The van der Waals surface area contributed by atoms with Gasteiger partial charge in [-0.2, -0.15) is 0 Å². The summed E-state index contributed by atoms with van der Waals surface area (Å²) < 4.78 is 0. The van der Waals surface area contributed by atoms with Crippen LogP contribution in [0.5, 0.6) is 0 Å². The van der Waals surface area contributed by atoms with Crippen molar-refractivity contribution < 1.29 is 25.5 Å². The monoisotopic (exact) mass is 164 g/mol. The summed E-state index contributed by atoms with van der Waals surface area (Å²) in [7, 11) is 0. The number of rotatable bonds is 0. The minimum absolute atomic E-state index is 0.0278. The molecular formula is C6H12O5. The Hall–Kier alpha value is -0.200. The molecule has 1 unspecified atom stereocenters. The zero-order valence-electron chi connectivity index (χ0n) is 5.93. The van der Waals surface area contributed by atoms with Crippen molar-refractivity contribution in [3.8, 4) is 0 Å². The molecule has 0 aromatic carbocycles. The molecule has 0 spiro atoms. The van der Waals surface area contributed by atoms with E-state index < -0.39 is 24.1 Å². The van der Waals surface area contributed by atoms with E-state index in [1.807, 2.05) is 0 Å². The zero-order chi connectivity index (χ0) is 8.70. The Labute approximate surface area is 63.5 Å². The molecule has 0 radical (unpaired) electrons. The molecule has 1 saturated carbocycles. The fraction of sp³-hybridized carbons (Fsp3) is 1.00. The number of hydrogen-bond acceptors (Lipinski definition) is 5. The summed E-state index contributed by atoms with van der Waals surface area (Å²) >= 11 is 0. The second-order valence-corrected chi connectivity index (χ2v) is 3.09. The van der Waals surface area contributed by atoms with Crippen molar-refractivity contribution in [2.45, 2.75) is 36.9 Å². The molecule has 0 bridgehead atoms. The summed E-state index contributed by atoms with van der Waals surface area (Å²) in [5, 5.41) is 44.8. The second kappa shape index (κ2) is 2.40. The van der Waals surface area contributed by atoms with Crippen LogP contribution >= 0.6 is 0 Å². The smallest absolute Gasteiger partial charge is 0.194 e. The van der Waals surface area contributed by atoms with Crippen LogP contribution in [0.15, 0.2) is 0 Å². The van der Waals surface area contributed by atoms with Crippen LogP contribution < -0.4 is 0 Å². The molecule has 5 N–H and O–H groups in total. The van der Waals surface area contributed by atoms with Crippen molar-refractivity contribution in [1.29, 1.82) is 0 Å². The molecule has 0 saturated heterocycles. The summed E-state index contributed by atoms with van der Waals surface area (Å²) in [6.45, 7) is 0. The molecule has 1 aliphatic rings. The third-order valence-corrected chi connectivity index (χ3v) is 1.90. The predicted molar refractivity (Wildman–Crippen MR) is 34.2 cm³/mol. The topological polar surface area (TPSA) is 101 Å². The van der Waals surface area contributed by atoms with Crippen LogP contribution in [0.25, 0.3) is 0 Å². The molecule has 1 fully saturated rings. The van der Waals surface area contributed by atoms with Gasteiger partial charge in [-0.3, -0.25) is 0 Å². The fourth-order valence-corrected chi connectivity index (χ4v) is 1.22. The first-order valence-electron chi connectivity index (χ1n) is 3.41. The standard InChI is InChI=1S/C6H12O5/c7-4-1-2-5(8,9)3-6(4,10)11/h4,7-11H,1-3H2. The van der Waals surface area contributed by atoms with E-state index >= 15 is 0 Å². The van der Waals surface area contributed by atoms with Crippen LogP contribution in [0.1, 0.15) is 19.3 Å². The molecule has 1 aliphatic carbocycles. The lowest BCUT2D eigenvalue weighted by molar-refractivity contribution is -0.313.